The van der Waals surface area contributed by atoms with Crippen molar-refractivity contribution in [3.05, 3.63) is 34.9 Å². The lowest BCUT2D eigenvalue weighted by Gasteiger charge is -2.05. The van der Waals surface area contributed by atoms with Crippen LogP contribution >= 0.6 is 0 Å². The Hall–Kier alpha value is -3.23. The van der Waals surface area contributed by atoms with Gasteiger partial charge in [0.1, 0.15) is 0 Å². The lowest BCUT2D eigenvalue weighted by Crippen LogP contribution is -2.29. The molecule has 1 rings (SSSR count). The van der Waals surface area contributed by atoms with Crippen LogP contribution in [0.1, 0.15) is 250 Å². The predicted octanol–water partition coefficient (Wildman–Crippen LogP) is 12.9. The van der Waals surface area contributed by atoms with Crippen molar-refractivity contribution in [3.8, 4) is 0 Å². The van der Waals surface area contributed by atoms with E-state index in [1.54, 1.807) is 0 Å². The van der Waals surface area contributed by atoms with E-state index in [0.717, 1.165) is 43.9 Å². The molecule has 0 bridgehead atoms. The zero-order valence-corrected chi connectivity index (χ0v) is 34.2. The Kier molecular flexibility index (Phi) is 34.5. The van der Waals surface area contributed by atoms with Gasteiger partial charge < -0.3 is 15.3 Å². The van der Waals surface area contributed by atoms with Gasteiger partial charge in [-0.05, 0) is 31.0 Å². The number of carbonyl (C=O) groups is 5. The molecule has 0 aliphatic heterocycles. The minimum Gasteiger partial charge on any atom is -0.478 e. The van der Waals surface area contributed by atoms with E-state index in [1.807, 2.05) is 0 Å². The Labute approximate surface area is 327 Å². The molecule has 0 heterocycles. The molecule has 0 spiro atoms. The second kappa shape index (κ2) is 36.7. The number of hydrogen-bond acceptors (Lipinski definition) is 5. The fourth-order valence-electron chi connectivity index (χ4n) is 6.63. The van der Waals surface area contributed by atoms with Gasteiger partial charge >= 0.3 is 17.9 Å². The second-order valence-corrected chi connectivity index (χ2v) is 15.0. The van der Waals surface area contributed by atoms with Gasteiger partial charge in [0.15, 0.2) is 0 Å². The maximum absolute atomic E-state index is 12.0. The molecular formula is C45H77NO8. The van der Waals surface area contributed by atoms with Gasteiger partial charge in [-0.2, -0.15) is 0 Å². The van der Waals surface area contributed by atoms with Gasteiger partial charge in [-0.25, -0.2) is 14.4 Å². The molecule has 9 nitrogen and oxygen atoms in total. The summed E-state index contributed by atoms with van der Waals surface area (Å²) in [4.78, 5) is 55.8. The van der Waals surface area contributed by atoms with Crippen LogP contribution in [0.4, 0.5) is 0 Å². The third-order valence-corrected chi connectivity index (χ3v) is 10.0. The van der Waals surface area contributed by atoms with Crippen LogP contribution < -0.4 is 5.32 Å². The molecule has 0 aliphatic rings. The maximum Gasteiger partial charge on any atom is 0.336 e. The first-order valence-electron chi connectivity index (χ1n) is 21.8. The lowest BCUT2D eigenvalue weighted by molar-refractivity contribution is -0.130. The molecule has 1 aromatic rings. The van der Waals surface area contributed by atoms with Crippen molar-refractivity contribution in [1.82, 2.24) is 5.32 Å². The fraction of sp³-hybridized carbons (Fsp3) is 0.756. The quantitative estimate of drug-likeness (QED) is 0.0498. The van der Waals surface area contributed by atoms with Crippen molar-refractivity contribution in [3.63, 3.8) is 0 Å². The van der Waals surface area contributed by atoms with Crippen molar-refractivity contribution < 1.29 is 39.3 Å². The number of imide groups is 1. The molecule has 0 saturated carbocycles. The van der Waals surface area contributed by atoms with E-state index in [-0.39, 0.29) is 17.4 Å². The monoisotopic (exact) mass is 760 g/mol. The highest BCUT2D eigenvalue weighted by molar-refractivity contribution is 6.03. The average Bonchev–Trinajstić information content (AvgIpc) is 3.14. The number of nitrogens with one attached hydrogen (secondary N) is 1. The Morgan fingerprint density at radius 2 is 0.667 bits per heavy atom. The van der Waals surface area contributed by atoms with E-state index >= 15 is 0 Å². The number of rotatable bonds is 35. The minimum atomic E-state index is -1.48. The van der Waals surface area contributed by atoms with Crippen LogP contribution in [0.5, 0.6) is 0 Å². The number of carbonyl (C=O) groups excluding carboxylic acids is 2. The van der Waals surface area contributed by atoms with E-state index in [1.165, 1.54) is 167 Å². The number of unbranched alkanes of at least 4 members (excludes halogenated alkanes) is 28. The standard InChI is InChI=1S/C36H71NO2.C9H6O6/c1-3-5-7-9-11-13-15-17-19-21-23-25-27-29-31-33-35(38)37-36(39)34-32-30-28-26-24-22-20-18-16-14-12-10-8-6-4-2;10-7(11)4-1-2-5(8(12)13)6(3-4)9(14)15/h3-34H2,1-2H3,(H,37,38,39);1-3H,(H,10,11)(H,12,13)(H,14,15). The Bertz CT molecular complexity index is 1090. The Morgan fingerprint density at radius 1 is 0.389 bits per heavy atom. The Morgan fingerprint density at radius 3 is 0.926 bits per heavy atom. The summed E-state index contributed by atoms with van der Waals surface area (Å²) in [6.07, 6.45) is 40.8. The number of carboxylic acid groups (broad SMARTS) is 3. The van der Waals surface area contributed by atoms with Gasteiger partial charge in [0.05, 0.1) is 16.7 Å². The van der Waals surface area contributed by atoms with Crippen molar-refractivity contribution in [2.45, 2.75) is 219 Å². The topological polar surface area (TPSA) is 158 Å². The van der Waals surface area contributed by atoms with E-state index in [0.29, 0.717) is 12.8 Å². The molecular weight excluding hydrogens is 682 g/mol. The molecule has 9 heteroatoms. The lowest BCUT2D eigenvalue weighted by atomic mass is 10.0. The summed E-state index contributed by atoms with van der Waals surface area (Å²) in [7, 11) is 0. The summed E-state index contributed by atoms with van der Waals surface area (Å²) in [6, 6.07) is 2.81. The molecule has 2 amide bonds. The largest absolute Gasteiger partial charge is 0.478 e. The van der Waals surface area contributed by atoms with Crippen LogP contribution in [-0.2, 0) is 9.59 Å². The molecule has 0 unspecified atom stereocenters. The van der Waals surface area contributed by atoms with Crippen molar-refractivity contribution >= 4 is 29.7 Å². The number of hydrogen-bond donors (Lipinski definition) is 4. The van der Waals surface area contributed by atoms with Crippen LogP contribution in [0, 0.1) is 0 Å². The molecule has 0 aromatic heterocycles. The molecule has 0 saturated heterocycles. The first-order chi connectivity index (χ1) is 26.1. The Balaban J connectivity index is 0.00000155. The fourth-order valence-corrected chi connectivity index (χ4v) is 6.63. The third kappa shape index (κ3) is 31.2. The normalized spacial score (nSPS) is 10.8. The smallest absolute Gasteiger partial charge is 0.336 e. The van der Waals surface area contributed by atoms with Crippen molar-refractivity contribution in [2.24, 2.45) is 0 Å². The first kappa shape index (κ1) is 50.8. The van der Waals surface area contributed by atoms with Gasteiger partial charge in [0.25, 0.3) is 0 Å². The van der Waals surface area contributed by atoms with Crippen LogP contribution in [0.3, 0.4) is 0 Å². The highest BCUT2D eigenvalue weighted by Gasteiger charge is 2.18. The molecule has 54 heavy (non-hydrogen) atoms. The maximum atomic E-state index is 12.0. The summed E-state index contributed by atoms with van der Waals surface area (Å²) in [6.45, 7) is 4.56. The van der Waals surface area contributed by atoms with Crippen LogP contribution in [0.2, 0.25) is 0 Å². The third-order valence-electron chi connectivity index (χ3n) is 10.0. The van der Waals surface area contributed by atoms with Gasteiger partial charge in [-0.3, -0.25) is 14.9 Å². The second-order valence-electron chi connectivity index (χ2n) is 15.0. The molecule has 0 atom stereocenters. The molecule has 0 fully saturated rings. The predicted molar refractivity (Wildman–Crippen MR) is 220 cm³/mol. The van der Waals surface area contributed by atoms with Crippen LogP contribution in [-0.4, -0.2) is 45.0 Å². The average molecular weight is 760 g/mol. The molecule has 0 radical (unpaired) electrons. The van der Waals surface area contributed by atoms with E-state index in [2.05, 4.69) is 19.2 Å². The van der Waals surface area contributed by atoms with E-state index in [9.17, 15) is 24.0 Å². The van der Waals surface area contributed by atoms with Gasteiger partial charge in [0, 0.05) is 12.8 Å². The summed E-state index contributed by atoms with van der Waals surface area (Å²) in [5.41, 5.74) is -1.24. The first-order valence-corrected chi connectivity index (χ1v) is 21.8. The number of aromatic carboxylic acids is 3. The number of carboxylic acids is 3. The molecule has 1 aromatic carbocycles. The summed E-state index contributed by atoms with van der Waals surface area (Å²) in [5, 5.41) is 28.5. The van der Waals surface area contributed by atoms with Crippen molar-refractivity contribution in [1.29, 1.82) is 0 Å². The highest BCUT2D eigenvalue weighted by atomic mass is 16.4. The van der Waals surface area contributed by atoms with Crippen LogP contribution in [0.15, 0.2) is 18.2 Å². The van der Waals surface area contributed by atoms with E-state index < -0.39 is 29.0 Å². The zero-order valence-electron chi connectivity index (χ0n) is 34.2. The number of amides is 2. The van der Waals surface area contributed by atoms with Gasteiger partial charge in [-0.15, -0.1) is 0 Å². The minimum absolute atomic E-state index is 0.0735. The summed E-state index contributed by atoms with van der Waals surface area (Å²) in [5.74, 6) is -4.35. The molecule has 0 aliphatic carbocycles. The zero-order chi connectivity index (χ0) is 40.1. The summed E-state index contributed by atoms with van der Waals surface area (Å²) < 4.78 is 0. The SMILES string of the molecule is CCCCCCCCCCCCCCCCCC(=O)NC(=O)CCCCCCCCCCCCCCCCC.O=C(O)c1ccc(C(=O)O)c(C(=O)O)c1. The highest BCUT2D eigenvalue weighted by Crippen LogP contribution is 2.16. The van der Waals surface area contributed by atoms with E-state index in [4.69, 9.17) is 15.3 Å². The number of benzene rings is 1. The summed E-state index contributed by atoms with van der Waals surface area (Å²) >= 11 is 0. The molecule has 310 valence electrons. The van der Waals surface area contributed by atoms with Gasteiger partial charge in [-0.1, -0.05) is 194 Å². The molecule has 4 N–H and O–H groups in total. The van der Waals surface area contributed by atoms with Crippen molar-refractivity contribution in [2.75, 3.05) is 0 Å². The van der Waals surface area contributed by atoms with Crippen LogP contribution in [0.25, 0.3) is 0 Å². The van der Waals surface area contributed by atoms with Gasteiger partial charge in [0.2, 0.25) is 11.8 Å².